The van der Waals surface area contributed by atoms with Gasteiger partial charge in [0.2, 0.25) is 0 Å². The first-order valence-corrected chi connectivity index (χ1v) is 2.79. The van der Waals surface area contributed by atoms with Gasteiger partial charge < -0.3 is 9.76 Å². The van der Waals surface area contributed by atoms with E-state index in [1.54, 1.807) is 0 Å². The zero-order valence-corrected chi connectivity index (χ0v) is 5.59. The Balaban J connectivity index is 3.46. The molecule has 0 aromatic rings. The minimum atomic E-state index is -0.701. The third kappa shape index (κ3) is 2.33. The SMILES string of the molecule is [B]OC(=O)[C@@H](Br)CO. The number of carbonyl (C=O) groups excluding carboxylic acids is 1. The second-order valence-corrected chi connectivity index (χ2v) is 2.19. The van der Waals surface area contributed by atoms with Gasteiger partial charge in [-0.05, 0) is 0 Å². The molecule has 0 aliphatic carbocycles. The van der Waals surface area contributed by atoms with Gasteiger partial charge in [0, 0.05) is 0 Å². The van der Waals surface area contributed by atoms with Crippen molar-refractivity contribution >= 4 is 29.9 Å². The summed E-state index contributed by atoms with van der Waals surface area (Å²) in [5, 5.41) is 8.23. The smallest absolute Gasteiger partial charge is 0.378 e. The third-order valence-electron chi connectivity index (χ3n) is 0.532. The number of halogens is 1. The molecule has 0 unspecified atom stereocenters. The highest BCUT2D eigenvalue weighted by atomic mass is 79.9. The molecule has 2 radical (unpaired) electrons. The van der Waals surface area contributed by atoms with Crippen molar-refractivity contribution in [1.82, 2.24) is 0 Å². The molecule has 0 bridgehead atoms. The monoisotopic (exact) mass is 178 g/mol. The van der Waals surface area contributed by atoms with Crippen LogP contribution < -0.4 is 0 Å². The summed E-state index contributed by atoms with van der Waals surface area (Å²) in [6.45, 7) is -0.309. The van der Waals surface area contributed by atoms with Crippen LogP contribution in [0, 0.1) is 0 Å². The summed E-state index contributed by atoms with van der Waals surface area (Å²) in [5.74, 6) is -0.674. The highest BCUT2D eigenvalue weighted by Crippen LogP contribution is 1.98. The first kappa shape index (κ1) is 7.97. The van der Waals surface area contributed by atoms with E-state index < -0.39 is 10.8 Å². The predicted octanol–water partition coefficient (Wildman–Crippen LogP) is -0.631. The van der Waals surface area contributed by atoms with Gasteiger partial charge in [0.15, 0.2) is 0 Å². The minimum Gasteiger partial charge on any atom is -0.542 e. The van der Waals surface area contributed by atoms with Crippen LogP contribution in [-0.2, 0) is 9.45 Å². The summed E-state index contributed by atoms with van der Waals surface area (Å²) in [7, 11) is 4.46. The highest BCUT2D eigenvalue weighted by Gasteiger charge is 2.11. The van der Waals surface area contributed by atoms with Gasteiger partial charge >= 0.3 is 14.0 Å². The van der Waals surface area contributed by atoms with E-state index in [-0.39, 0.29) is 6.61 Å². The molecule has 0 aliphatic rings. The van der Waals surface area contributed by atoms with E-state index in [1.807, 2.05) is 0 Å². The number of alkyl halides is 1. The Labute approximate surface area is 56.6 Å². The molecule has 5 heteroatoms. The molecule has 0 aromatic carbocycles. The number of rotatable bonds is 2. The van der Waals surface area contributed by atoms with Crippen molar-refractivity contribution in [3.8, 4) is 0 Å². The fourth-order valence-electron chi connectivity index (χ4n) is 0.148. The fraction of sp³-hybridized carbons (Fsp3) is 0.667. The van der Waals surface area contributed by atoms with Gasteiger partial charge in [-0.3, -0.25) is 4.79 Å². The van der Waals surface area contributed by atoms with Crippen molar-refractivity contribution < 1.29 is 14.6 Å². The second-order valence-electron chi connectivity index (χ2n) is 1.09. The number of aliphatic hydroxyl groups excluding tert-OH is 1. The van der Waals surface area contributed by atoms with Gasteiger partial charge in [-0.1, -0.05) is 15.9 Å². The van der Waals surface area contributed by atoms with Crippen molar-refractivity contribution in [3.05, 3.63) is 0 Å². The molecule has 0 spiro atoms. The van der Waals surface area contributed by atoms with Gasteiger partial charge in [0.1, 0.15) is 4.83 Å². The maximum absolute atomic E-state index is 10.2. The molecule has 0 saturated carbocycles. The zero-order valence-electron chi connectivity index (χ0n) is 4.00. The van der Waals surface area contributed by atoms with Crippen molar-refractivity contribution in [2.45, 2.75) is 4.83 Å². The largest absolute Gasteiger partial charge is 0.542 e. The first-order chi connectivity index (χ1) is 3.72. The lowest BCUT2D eigenvalue weighted by molar-refractivity contribution is -0.133. The van der Waals surface area contributed by atoms with E-state index in [0.717, 1.165) is 0 Å². The predicted molar refractivity (Wildman–Crippen MR) is 31.6 cm³/mol. The molecule has 8 heavy (non-hydrogen) atoms. The molecule has 1 N–H and O–H groups in total. The Morgan fingerprint density at radius 3 is 2.62 bits per heavy atom. The molecule has 0 saturated heterocycles. The second kappa shape index (κ2) is 3.92. The number of carbonyl (C=O) groups is 1. The topological polar surface area (TPSA) is 46.5 Å². The quantitative estimate of drug-likeness (QED) is 0.453. The van der Waals surface area contributed by atoms with Crippen LogP contribution in [0.1, 0.15) is 0 Å². The number of hydrogen-bond donors (Lipinski definition) is 1. The molecular weight excluding hydrogens is 175 g/mol. The van der Waals surface area contributed by atoms with E-state index in [4.69, 9.17) is 5.11 Å². The van der Waals surface area contributed by atoms with Crippen LogP contribution in [0.4, 0.5) is 0 Å². The minimum absolute atomic E-state index is 0.309. The van der Waals surface area contributed by atoms with Crippen LogP contribution in [0.25, 0.3) is 0 Å². The maximum Gasteiger partial charge on any atom is 0.378 e. The summed E-state index contributed by atoms with van der Waals surface area (Å²) in [6.07, 6.45) is 0. The van der Waals surface area contributed by atoms with Crippen LogP contribution in [0.5, 0.6) is 0 Å². The normalized spacial score (nSPS) is 12.8. The molecule has 0 aromatic heterocycles. The average molecular weight is 179 g/mol. The summed E-state index contributed by atoms with van der Waals surface area (Å²) in [5.41, 5.74) is 0. The summed E-state index contributed by atoms with van der Waals surface area (Å²) < 4.78 is 3.76. The van der Waals surface area contributed by atoms with Gasteiger partial charge in [0.05, 0.1) is 6.61 Å². The van der Waals surface area contributed by atoms with Crippen molar-refractivity contribution in [2.24, 2.45) is 0 Å². The van der Waals surface area contributed by atoms with Crippen molar-refractivity contribution in [3.63, 3.8) is 0 Å². The number of aliphatic hydroxyl groups is 1. The third-order valence-corrected chi connectivity index (χ3v) is 1.20. The maximum atomic E-state index is 10.2. The van der Waals surface area contributed by atoms with Gasteiger partial charge in [-0.2, -0.15) is 0 Å². The van der Waals surface area contributed by atoms with E-state index in [0.29, 0.717) is 0 Å². The van der Waals surface area contributed by atoms with Crippen LogP contribution >= 0.6 is 15.9 Å². The van der Waals surface area contributed by atoms with Crippen LogP contribution in [0.3, 0.4) is 0 Å². The molecule has 44 valence electrons. The van der Waals surface area contributed by atoms with Gasteiger partial charge in [-0.25, -0.2) is 0 Å². The average Bonchev–Trinajstić information content (AvgIpc) is 1.84. The molecule has 0 fully saturated rings. The molecular formula is C3H4BBrO3. The van der Waals surface area contributed by atoms with Gasteiger partial charge in [0.25, 0.3) is 0 Å². The molecule has 1 atom stereocenters. The molecule has 0 rings (SSSR count). The lowest BCUT2D eigenvalue weighted by atomic mass is 10.4. The highest BCUT2D eigenvalue weighted by molar-refractivity contribution is 9.10. The van der Waals surface area contributed by atoms with Gasteiger partial charge in [-0.15, -0.1) is 0 Å². The van der Waals surface area contributed by atoms with E-state index in [9.17, 15) is 4.79 Å². The fourth-order valence-corrected chi connectivity index (χ4v) is 0.256. The first-order valence-electron chi connectivity index (χ1n) is 1.88. The Morgan fingerprint density at radius 1 is 2.00 bits per heavy atom. The Bertz CT molecular complexity index is 86.6. The summed E-state index contributed by atoms with van der Waals surface area (Å²) >= 11 is 2.80. The van der Waals surface area contributed by atoms with Crippen LogP contribution in [-0.4, -0.2) is 30.6 Å². The Hall–Kier alpha value is -0.0251. The molecule has 3 nitrogen and oxygen atoms in total. The Morgan fingerprint density at radius 2 is 2.50 bits per heavy atom. The lowest BCUT2D eigenvalue weighted by Gasteiger charge is -2.01. The summed E-state index contributed by atoms with van der Waals surface area (Å²) in [4.78, 5) is 9.49. The number of hydrogen-bond acceptors (Lipinski definition) is 3. The van der Waals surface area contributed by atoms with E-state index >= 15 is 0 Å². The standard InChI is InChI=1S/C3H4BBrO3/c4-8-3(7)2(5)1-6/h2,6H,1H2/t2-/m0/s1. The van der Waals surface area contributed by atoms with E-state index in [1.165, 1.54) is 0 Å². The molecule has 0 amide bonds. The van der Waals surface area contributed by atoms with Crippen LogP contribution in [0.15, 0.2) is 0 Å². The Kier molecular flexibility index (Phi) is 3.90. The zero-order chi connectivity index (χ0) is 6.57. The van der Waals surface area contributed by atoms with Crippen molar-refractivity contribution in [1.29, 1.82) is 0 Å². The molecule has 0 heterocycles. The van der Waals surface area contributed by atoms with E-state index in [2.05, 4.69) is 28.6 Å². The van der Waals surface area contributed by atoms with Crippen molar-refractivity contribution in [2.75, 3.05) is 6.61 Å². The lowest BCUT2D eigenvalue weighted by Crippen LogP contribution is -2.19. The molecule has 0 aliphatic heterocycles. The van der Waals surface area contributed by atoms with Crippen LogP contribution in [0.2, 0.25) is 0 Å². The summed E-state index contributed by atoms with van der Waals surface area (Å²) in [6, 6.07) is 0.